The van der Waals surface area contributed by atoms with Crippen molar-refractivity contribution < 1.29 is 9.13 Å². The molecule has 1 aromatic carbocycles. The van der Waals surface area contributed by atoms with E-state index in [0.29, 0.717) is 17.7 Å². The van der Waals surface area contributed by atoms with E-state index in [9.17, 15) is 20.2 Å². The molecule has 0 saturated heterocycles. The molecule has 3 atom stereocenters. The summed E-state index contributed by atoms with van der Waals surface area (Å²) in [6.07, 6.45) is 1.76. The van der Waals surface area contributed by atoms with Crippen molar-refractivity contribution >= 4 is 5.71 Å². The smallest absolute Gasteiger partial charge is 0.189 e. The van der Waals surface area contributed by atoms with E-state index >= 15 is 0 Å². The van der Waals surface area contributed by atoms with E-state index in [2.05, 4.69) is 0 Å². The summed E-state index contributed by atoms with van der Waals surface area (Å²) in [6.45, 7) is 0.587. The number of hydrogen-bond acceptors (Lipinski definition) is 5. The maximum Gasteiger partial charge on any atom is 0.189 e. The van der Waals surface area contributed by atoms with Crippen molar-refractivity contribution in [2.45, 2.75) is 5.92 Å². The summed E-state index contributed by atoms with van der Waals surface area (Å²) >= 11 is 0. The number of rotatable bonds is 1. The third-order valence-electron chi connectivity index (χ3n) is 4.79. The molecule has 1 heterocycles. The van der Waals surface area contributed by atoms with E-state index in [1.54, 1.807) is 6.08 Å². The molecule has 3 rings (SSSR count). The second kappa shape index (κ2) is 5.89. The Morgan fingerprint density at radius 1 is 1.17 bits per heavy atom. The lowest BCUT2D eigenvalue weighted by atomic mass is 9.55. The van der Waals surface area contributed by atoms with Gasteiger partial charge in [-0.2, -0.15) is 15.8 Å². The number of ether oxygens (including phenoxy) is 1. The maximum atomic E-state index is 13.3. The molecule has 0 aromatic heterocycles. The fourth-order valence-corrected chi connectivity index (χ4v) is 3.66. The standard InChI is InChI=1S/C18H13FN4O/c19-12-3-1-11(2-4-12)16-15-8-24-6-5-13(15)14(7-20)17(23)18(16,9-21)10-22/h1-5,14-16,23H,6,8H2/t14-,15-,16-/m1/s1. The summed E-state index contributed by atoms with van der Waals surface area (Å²) < 4.78 is 18.8. The molecule has 0 spiro atoms. The maximum absolute atomic E-state index is 13.3. The number of nitrogens with one attached hydrogen (secondary N) is 1. The summed E-state index contributed by atoms with van der Waals surface area (Å²) in [5.74, 6) is -2.39. The van der Waals surface area contributed by atoms with Crippen molar-refractivity contribution in [1.82, 2.24) is 0 Å². The molecule has 1 N–H and O–H groups in total. The monoisotopic (exact) mass is 320 g/mol. The van der Waals surface area contributed by atoms with Crippen LogP contribution >= 0.6 is 0 Å². The summed E-state index contributed by atoms with van der Waals surface area (Å²) in [7, 11) is 0. The van der Waals surface area contributed by atoms with Gasteiger partial charge in [0.1, 0.15) is 11.7 Å². The fraction of sp³-hybridized carbons (Fsp3) is 0.333. The summed E-state index contributed by atoms with van der Waals surface area (Å²) in [6, 6.07) is 11.6. The lowest BCUT2D eigenvalue weighted by molar-refractivity contribution is 0.0950. The molecule has 5 nitrogen and oxygen atoms in total. The van der Waals surface area contributed by atoms with Crippen molar-refractivity contribution in [2.75, 3.05) is 13.2 Å². The zero-order chi connectivity index (χ0) is 17.3. The first-order valence-corrected chi connectivity index (χ1v) is 7.43. The number of nitriles is 3. The van der Waals surface area contributed by atoms with Gasteiger partial charge in [0, 0.05) is 11.8 Å². The van der Waals surface area contributed by atoms with Gasteiger partial charge in [-0.1, -0.05) is 18.2 Å². The highest BCUT2D eigenvalue weighted by molar-refractivity contribution is 6.00. The third-order valence-corrected chi connectivity index (χ3v) is 4.79. The van der Waals surface area contributed by atoms with E-state index in [1.807, 2.05) is 18.2 Å². The normalized spacial score (nSPS) is 27.8. The molecule has 118 valence electrons. The number of hydrogen-bond donors (Lipinski definition) is 1. The minimum Gasteiger partial charge on any atom is -0.377 e. The van der Waals surface area contributed by atoms with E-state index in [-0.39, 0.29) is 18.2 Å². The van der Waals surface area contributed by atoms with Crippen molar-refractivity contribution in [1.29, 1.82) is 21.2 Å². The van der Waals surface area contributed by atoms with Gasteiger partial charge in [0.05, 0.1) is 37.1 Å². The van der Waals surface area contributed by atoms with Crippen LogP contribution in [0.25, 0.3) is 0 Å². The highest BCUT2D eigenvalue weighted by Gasteiger charge is 2.57. The van der Waals surface area contributed by atoms with E-state index in [0.717, 1.165) is 0 Å². The minimum absolute atomic E-state index is 0.214. The second-order valence-electron chi connectivity index (χ2n) is 5.88. The largest absolute Gasteiger partial charge is 0.377 e. The average Bonchev–Trinajstić information content (AvgIpc) is 2.62. The zero-order valence-electron chi connectivity index (χ0n) is 12.7. The lowest BCUT2D eigenvalue weighted by Gasteiger charge is -2.45. The van der Waals surface area contributed by atoms with Crippen molar-refractivity contribution in [3.63, 3.8) is 0 Å². The van der Waals surface area contributed by atoms with Crippen LogP contribution in [0.3, 0.4) is 0 Å². The van der Waals surface area contributed by atoms with E-state index < -0.39 is 23.1 Å². The van der Waals surface area contributed by atoms with Gasteiger partial charge < -0.3 is 10.1 Å². The van der Waals surface area contributed by atoms with Gasteiger partial charge in [0.25, 0.3) is 0 Å². The van der Waals surface area contributed by atoms with E-state index in [1.165, 1.54) is 24.3 Å². The predicted molar refractivity (Wildman–Crippen MR) is 82.0 cm³/mol. The van der Waals surface area contributed by atoms with Crippen LogP contribution in [0.4, 0.5) is 4.39 Å². The van der Waals surface area contributed by atoms with Gasteiger partial charge in [0.2, 0.25) is 0 Å². The van der Waals surface area contributed by atoms with Crippen LogP contribution < -0.4 is 0 Å². The molecule has 24 heavy (non-hydrogen) atoms. The molecule has 0 amide bonds. The Hall–Kier alpha value is -3.01. The molecule has 6 heteroatoms. The van der Waals surface area contributed by atoms with Crippen LogP contribution in [0, 0.1) is 62.5 Å². The highest BCUT2D eigenvalue weighted by Crippen LogP contribution is 2.53. The Morgan fingerprint density at radius 2 is 1.83 bits per heavy atom. The van der Waals surface area contributed by atoms with Gasteiger partial charge in [-0.25, -0.2) is 4.39 Å². The van der Waals surface area contributed by atoms with Crippen LogP contribution in [-0.2, 0) is 4.74 Å². The molecule has 2 aliphatic rings. The SMILES string of the molecule is N#C[C@H]1C(=N)C(C#N)(C#N)[C@H](c2ccc(F)cc2)[C@@H]2COCC=C12. The molecular formula is C18H13FN4O. The van der Waals surface area contributed by atoms with Crippen molar-refractivity contribution in [2.24, 2.45) is 17.3 Å². The molecule has 1 fully saturated rings. The average molecular weight is 320 g/mol. The van der Waals surface area contributed by atoms with Crippen LogP contribution in [0.15, 0.2) is 35.9 Å². The van der Waals surface area contributed by atoms with Gasteiger partial charge >= 0.3 is 0 Å². The summed E-state index contributed by atoms with van der Waals surface area (Å²) in [5, 5.41) is 37.3. The number of fused-ring (bicyclic) bond motifs is 1. The van der Waals surface area contributed by atoms with Crippen molar-refractivity contribution in [3.05, 3.63) is 47.3 Å². The fourth-order valence-electron chi connectivity index (χ4n) is 3.66. The Labute approximate surface area is 138 Å². The van der Waals surface area contributed by atoms with Gasteiger partial charge in [-0.3, -0.25) is 0 Å². The van der Waals surface area contributed by atoms with Crippen molar-refractivity contribution in [3.8, 4) is 18.2 Å². The lowest BCUT2D eigenvalue weighted by Crippen LogP contribution is -2.50. The van der Waals surface area contributed by atoms with Gasteiger partial charge in [-0.15, -0.1) is 0 Å². The number of benzene rings is 1. The Balaban J connectivity index is 2.24. The van der Waals surface area contributed by atoms with Crippen LogP contribution in [0.5, 0.6) is 0 Å². The molecule has 1 aliphatic heterocycles. The Morgan fingerprint density at radius 3 is 2.42 bits per heavy atom. The first-order chi connectivity index (χ1) is 11.6. The van der Waals surface area contributed by atoms with Crippen LogP contribution in [0.2, 0.25) is 0 Å². The Bertz CT molecular complexity index is 824. The Kier molecular flexibility index (Phi) is 3.89. The number of nitrogens with zero attached hydrogens (tertiary/aromatic N) is 3. The van der Waals surface area contributed by atoms with Crippen LogP contribution in [0.1, 0.15) is 11.5 Å². The second-order valence-corrected chi connectivity index (χ2v) is 5.88. The minimum atomic E-state index is -1.78. The summed E-state index contributed by atoms with van der Waals surface area (Å²) in [5.41, 5.74) is -0.694. The molecule has 1 aromatic rings. The third kappa shape index (κ3) is 2.11. The van der Waals surface area contributed by atoms with Gasteiger partial charge in [-0.05, 0) is 23.3 Å². The molecule has 0 radical (unpaired) electrons. The quantitative estimate of drug-likeness (QED) is 0.803. The first kappa shape index (κ1) is 15.9. The molecule has 1 saturated carbocycles. The van der Waals surface area contributed by atoms with Crippen LogP contribution in [-0.4, -0.2) is 18.9 Å². The van der Waals surface area contributed by atoms with E-state index in [4.69, 9.17) is 10.1 Å². The topological polar surface area (TPSA) is 104 Å². The number of halogens is 1. The predicted octanol–water partition coefficient (Wildman–Crippen LogP) is 2.69. The molecule has 0 bridgehead atoms. The summed E-state index contributed by atoms with van der Waals surface area (Å²) in [4.78, 5) is 0. The molecule has 1 aliphatic carbocycles. The van der Waals surface area contributed by atoms with Gasteiger partial charge in [0.15, 0.2) is 5.41 Å². The first-order valence-electron chi connectivity index (χ1n) is 7.43. The molecular weight excluding hydrogens is 307 g/mol. The molecule has 0 unspecified atom stereocenters. The zero-order valence-corrected chi connectivity index (χ0v) is 12.7. The highest BCUT2D eigenvalue weighted by atomic mass is 19.1.